The fourth-order valence-corrected chi connectivity index (χ4v) is 3.80. The summed E-state index contributed by atoms with van der Waals surface area (Å²) in [7, 11) is 2.90. The molecule has 2 heterocycles. The van der Waals surface area contributed by atoms with E-state index in [1.165, 1.54) is 7.11 Å². The summed E-state index contributed by atoms with van der Waals surface area (Å²) in [6, 6.07) is 15.8. The van der Waals surface area contributed by atoms with E-state index < -0.39 is 17.7 Å². The summed E-state index contributed by atoms with van der Waals surface area (Å²) in [6.07, 6.45) is -0.471. The third-order valence-electron chi connectivity index (χ3n) is 5.00. The van der Waals surface area contributed by atoms with Gasteiger partial charge in [-0.25, -0.2) is 4.79 Å². The standard InChI is InChI=1S/C21H20O5/c1-21-14-10-7-11-15(25-12-13-8-5-4-6-9-13)16(14)18(26-21)19(23-2)17(21)20(22)24-3/h4-11,18H,12H2,1-3H3. The highest BCUT2D eigenvalue weighted by Gasteiger charge is 2.58. The number of rotatable bonds is 5. The third kappa shape index (κ3) is 2.31. The average molecular weight is 352 g/mol. The first-order valence-electron chi connectivity index (χ1n) is 8.45. The van der Waals surface area contributed by atoms with Crippen molar-refractivity contribution in [2.45, 2.75) is 25.2 Å². The van der Waals surface area contributed by atoms with Crippen LogP contribution in [0.15, 0.2) is 59.9 Å². The van der Waals surface area contributed by atoms with Gasteiger partial charge in [0.25, 0.3) is 0 Å². The lowest BCUT2D eigenvalue weighted by atomic mass is 9.81. The van der Waals surface area contributed by atoms with Crippen LogP contribution < -0.4 is 4.74 Å². The van der Waals surface area contributed by atoms with E-state index in [9.17, 15) is 4.79 Å². The Morgan fingerprint density at radius 2 is 1.88 bits per heavy atom. The maximum absolute atomic E-state index is 12.3. The SMILES string of the molecule is COC(=O)C1=C(OC)C2OC1(C)c1cccc(OCc3ccccc3)c12. The van der Waals surface area contributed by atoms with E-state index in [1.54, 1.807) is 7.11 Å². The van der Waals surface area contributed by atoms with Crippen molar-refractivity contribution in [2.75, 3.05) is 14.2 Å². The van der Waals surface area contributed by atoms with Crippen LogP contribution in [0.4, 0.5) is 0 Å². The number of hydrogen-bond acceptors (Lipinski definition) is 5. The van der Waals surface area contributed by atoms with Crippen LogP contribution >= 0.6 is 0 Å². The fraction of sp³-hybridized carbons (Fsp3) is 0.286. The summed E-state index contributed by atoms with van der Waals surface area (Å²) in [4.78, 5) is 12.3. The Hall–Kier alpha value is -2.79. The van der Waals surface area contributed by atoms with Crippen molar-refractivity contribution < 1.29 is 23.7 Å². The van der Waals surface area contributed by atoms with Gasteiger partial charge in [0.15, 0.2) is 0 Å². The van der Waals surface area contributed by atoms with Crippen LogP contribution in [0.5, 0.6) is 5.75 Å². The molecule has 134 valence electrons. The van der Waals surface area contributed by atoms with Gasteiger partial charge in [-0.3, -0.25) is 0 Å². The van der Waals surface area contributed by atoms with Crippen molar-refractivity contribution in [2.24, 2.45) is 0 Å². The largest absolute Gasteiger partial charge is 0.497 e. The molecule has 26 heavy (non-hydrogen) atoms. The minimum absolute atomic E-state index is 0.417. The van der Waals surface area contributed by atoms with Gasteiger partial charge in [0.2, 0.25) is 0 Å². The van der Waals surface area contributed by atoms with Crippen LogP contribution in [0.3, 0.4) is 0 Å². The molecule has 2 aromatic carbocycles. The maximum Gasteiger partial charge on any atom is 0.340 e. The first-order valence-corrected chi connectivity index (χ1v) is 8.45. The molecule has 0 radical (unpaired) electrons. The number of fused-ring (bicyclic) bond motifs is 5. The van der Waals surface area contributed by atoms with Crippen LogP contribution in [0, 0.1) is 0 Å². The fourth-order valence-electron chi connectivity index (χ4n) is 3.80. The quantitative estimate of drug-likeness (QED) is 0.769. The predicted molar refractivity (Wildman–Crippen MR) is 94.4 cm³/mol. The van der Waals surface area contributed by atoms with Crippen molar-refractivity contribution in [3.8, 4) is 5.75 Å². The molecule has 0 aromatic heterocycles. The van der Waals surface area contributed by atoms with E-state index in [1.807, 2.05) is 55.5 Å². The first kappa shape index (κ1) is 16.7. The Labute approximate surface area is 152 Å². The number of benzene rings is 2. The highest BCUT2D eigenvalue weighted by molar-refractivity contribution is 5.93. The maximum atomic E-state index is 12.3. The van der Waals surface area contributed by atoms with Crippen LogP contribution in [-0.4, -0.2) is 20.2 Å². The molecule has 2 unspecified atom stereocenters. The van der Waals surface area contributed by atoms with E-state index in [4.69, 9.17) is 18.9 Å². The number of esters is 1. The Morgan fingerprint density at radius 3 is 2.58 bits per heavy atom. The Morgan fingerprint density at radius 1 is 1.12 bits per heavy atom. The number of carbonyl (C=O) groups excluding carboxylic acids is 1. The zero-order valence-electron chi connectivity index (χ0n) is 14.9. The van der Waals surface area contributed by atoms with Crippen molar-refractivity contribution in [3.63, 3.8) is 0 Å². The van der Waals surface area contributed by atoms with E-state index in [0.29, 0.717) is 17.9 Å². The number of hydrogen-bond donors (Lipinski definition) is 0. The minimum Gasteiger partial charge on any atom is -0.497 e. The van der Waals surface area contributed by atoms with Gasteiger partial charge in [0.05, 0.1) is 14.2 Å². The first-order chi connectivity index (χ1) is 12.6. The molecular weight excluding hydrogens is 332 g/mol. The number of methoxy groups -OCH3 is 2. The van der Waals surface area contributed by atoms with Crippen molar-refractivity contribution in [3.05, 3.63) is 76.6 Å². The van der Waals surface area contributed by atoms with Gasteiger partial charge in [0, 0.05) is 5.56 Å². The minimum atomic E-state index is -0.898. The summed E-state index contributed by atoms with van der Waals surface area (Å²) in [5.41, 5.74) is 2.42. The Kier molecular flexibility index (Phi) is 3.96. The second-order valence-electron chi connectivity index (χ2n) is 6.46. The third-order valence-corrected chi connectivity index (χ3v) is 5.00. The molecular formula is C21H20O5. The smallest absolute Gasteiger partial charge is 0.340 e. The molecule has 0 saturated heterocycles. The molecule has 5 nitrogen and oxygen atoms in total. The van der Waals surface area contributed by atoms with Gasteiger partial charge in [-0.1, -0.05) is 42.5 Å². The highest BCUT2D eigenvalue weighted by atomic mass is 16.6. The van der Waals surface area contributed by atoms with Gasteiger partial charge in [-0.15, -0.1) is 0 Å². The molecule has 0 saturated carbocycles. The molecule has 5 heteroatoms. The second-order valence-corrected chi connectivity index (χ2v) is 6.46. The van der Waals surface area contributed by atoms with Gasteiger partial charge < -0.3 is 18.9 Å². The summed E-state index contributed by atoms with van der Waals surface area (Å²) in [6.45, 7) is 2.32. The van der Waals surface area contributed by atoms with Crippen LogP contribution in [0.1, 0.15) is 29.7 Å². The number of carbonyl (C=O) groups is 1. The number of ether oxygens (including phenoxy) is 4. The molecule has 0 aliphatic carbocycles. The van der Waals surface area contributed by atoms with E-state index >= 15 is 0 Å². The van der Waals surface area contributed by atoms with E-state index in [2.05, 4.69) is 0 Å². The predicted octanol–water partition coefficient (Wildman–Crippen LogP) is 3.64. The Balaban J connectivity index is 1.73. The average Bonchev–Trinajstić information content (AvgIpc) is 3.15. The van der Waals surface area contributed by atoms with Gasteiger partial charge >= 0.3 is 5.97 Å². The summed E-state index contributed by atoms with van der Waals surface area (Å²) < 4.78 is 22.7. The molecule has 2 aromatic rings. The summed E-state index contributed by atoms with van der Waals surface area (Å²) in [5, 5.41) is 0. The monoisotopic (exact) mass is 352 g/mol. The van der Waals surface area contributed by atoms with Gasteiger partial charge in [-0.2, -0.15) is 0 Å². The molecule has 0 N–H and O–H groups in total. The van der Waals surface area contributed by atoms with Crippen molar-refractivity contribution in [1.29, 1.82) is 0 Å². The summed E-state index contributed by atoms with van der Waals surface area (Å²) >= 11 is 0. The molecule has 2 bridgehead atoms. The molecule has 2 aliphatic rings. The van der Waals surface area contributed by atoms with E-state index in [-0.39, 0.29) is 0 Å². The zero-order chi connectivity index (χ0) is 18.3. The van der Waals surface area contributed by atoms with E-state index in [0.717, 1.165) is 22.4 Å². The zero-order valence-corrected chi connectivity index (χ0v) is 14.9. The van der Waals surface area contributed by atoms with Gasteiger partial charge in [-0.05, 0) is 24.1 Å². The molecule has 2 atom stereocenters. The Bertz CT molecular complexity index is 887. The van der Waals surface area contributed by atoms with Gasteiger partial charge in [0.1, 0.15) is 35.4 Å². The molecule has 2 aliphatic heterocycles. The topological polar surface area (TPSA) is 54.0 Å². The lowest BCUT2D eigenvalue weighted by molar-refractivity contribution is -0.138. The normalized spacial score (nSPS) is 23.0. The second kappa shape index (κ2) is 6.18. The van der Waals surface area contributed by atoms with Crippen LogP contribution in [0.2, 0.25) is 0 Å². The van der Waals surface area contributed by atoms with Crippen molar-refractivity contribution in [1.82, 2.24) is 0 Å². The molecule has 4 rings (SSSR count). The molecule has 0 fully saturated rings. The molecule has 0 amide bonds. The lowest BCUT2D eigenvalue weighted by Gasteiger charge is -2.25. The van der Waals surface area contributed by atoms with Crippen LogP contribution in [-0.2, 0) is 31.2 Å². The van der Waals surface area contributed by atoms with Crippen LogP contribution in [0.25, 0.3) is 0 Å². The summed E-state index contributed by atoms with van der Waals surface area (Å²) in [5.74, 6) is 0.786. The highest BCUT2D eigenvalue weighted by Crippen LogP contribution is 2.60. The van der Waals surface area contributed by atoms with Crippen molar-refractivity contribution >= 4 is 5.97 Å². The molecule has 0 spiro atoms. The lowest BCUT2D eigenvalue weighted by Crippen LogP contribution is -2.28.